The Morgan fingerprint density at radius 1 is 1.04 bits per heavy atom. The Labute approximate surface area is 148 Å². The van der Waals surface area contributed by atoms with Gasteiger partial charge in [-0.1, -0.05) is 41.9 Å². The van der Waals surface area contributed by atoms with E-state index in [-0.39, 0.29) is 0 Å². The van der Waals surface area contributed by atoms with Crippen LogP contribution >= 0.6 is 46.2 Å². The van der Waals surface area contributed by atoms with Gasteiger partial charge in [0.1, 0.15) is 0 Å². The summed E-state index contributed by atoms with van der Waals surface area (Å²) in [5.41, 5.74) is 0.982. The first-order chi connectivity index (χ1) is 11.3. The summed E-state index contributed by atoms with van der Waals surface area (Å²) >= 11 is 9.92. The Hall–Kier alpha value is -1.74. The van der Waals surface area contributed by atoms with Crippen molar-refractivity contribution in [3.63, 3.8) is 0 Å². The van der Waals surface area contributed by atoms with Crippen molar-refractivity contribution in [2.75, 3.05) is 0 Å². The number of thiophene rings is 1. The van der Waals surface area contributed by atoms with Crippen LogP contribution in [0.4, 0.5) is 0 Å². The number of aromatic nitrogens is 4. The molecule has 0 unspecified atom stereocenters. The highest BCUT2D eigenvalue weighted by Gasteiger charge is 2.14. The molecule has 0 aliphatic rings. The zero-order valence-corrected chi connectivity index (χ0v) is 14.5. The fourth-order valence-corrected chi connectivity index (χ4v) is 4.17. The normalized spacial score (nSPS) is 11.0. The van der Waals surface area contributed by atoms with Crippen molar-refractivity contribution < 1.29 is 4.42 Å². The molecule has 0 saturated heterocycles. The molecule has 114 valence electrons. The first-order valence-electron chi connectivity index (χ1n) is 6.44. The lowest BCUT2D eigenvalue weighted by molar-refractivity contribution is 0.467. The van der Waals surface area contributed by atoms with Gasteiger partial charge in [0.25, 0.3) is 11.1 Å². The van der Waals surface area contributed by atoms with Crippen molar-refractivity contribution in [3.05, 3.63) is 46.8 Å². The number of benzene rings is 1. The Bertz CT molecular complexity index is 934. The van der Waals surface area contributed by atoms with E-state index in [9.17, 15) is 0 Å². The summed E-state index contributed by atoms with van der Waals surface area (Å²) in [5, 5.41) is 8.49. The Balaban J connectivity index is 1.53. The number of hydrogen-bond acceptors (Lipinski definition) is 8. The van der Waals surface area contributed by atoms with Crippen LogP contribution in [0, 0.1) is 0 Å². The van der Waals surface area contributed by atoms with E-state index in [2.05, 4.69) is 19.6 Å². The minimum absolute atomic E-state index is 0.431. The first kappa shape index (κ1) is 14.8. The van der Waals surface area contributed by atoms with Gasteiger partial charge in [-0.2, -0.15) is 4.37 Å². The Kier molecular flexibility index (Phi) is 4.13. The second kappa shape index (κ2) is 6.40. The molecule has 4 aromatic rings. The summed E-state index contributed by atoms with van der Waals surface area (Å²) in [4.78, 5) is 5.33. The highest BCUT2D eigenvalue weighted by molar-refractivity contribution is 8.00. The number of rotatable bonds is 4. The first-order valence-corrected chi connectivity index (χ1v) is 9.22. The summed E-state index contributed by atoms with van der Waals surface area (Å²) in [6.45, 7) is 0. The van der Waals surface area contributed by atoms with Gasteiger partial charge < -0.3 is 4.42 Å². The van der Waals surface area contributed by atoms with Crippen LogP contribution in [0.2, 0.25) is 4.34 Å². The van der Waals surface area contributed by atoms with Crippen LogP contribution < -0.4 is 0 Å². The highest BCUT2D eigenvalue weighted by Crippen LogP contribution is 2.34. The van der Waals surface area contributed by atoms with E-state index in [1.165, 1.54) is 34.6 Å². The maximum Gasteiger partial charge on any atom is 0.284 e. The zero-order valence-electron chi connectivity index (χ0n) is 11.3. The number of halogens is 1. The minimum atomic E-state index is 0.431. The topological polar surface area (TPSA) is 64.7 Å². The van der Waals surface area contributed by atoms with Crippen LogP contribution in [0.1, 0.15) is 0 Å². The van der Waals surface area contributed by atoms with Crippen molar-refractivity contribution >= 4 is 46.2 Å². The van der Waals surface area contributed by atoms with Gasteiger partial charge in [0, 0.05) is 17.3 Å². The van der Waals surface area contributed by atoms with E-state index in [0.717, 1.165) is 14.8 Å². The van der Waals surface area contributed by atoms with Crippen molar-refractivity contribution in [1.82, 2.24) is 19.6 Å². The molecule has 3 aromatic heterocycles. The fourth-order valence-electron chi connectivity index (χ4n) is 1.81. The van der Waals surface area contributed by atoms with Crippen LogP contribution in [-0.4, -0.2) is 19.6 Å². The molecule has 1 aromatic carbocycles. The number of hydrogen-bond donors (Lipinski definition) is 0. The summed E-state index contributed by atoms with van der Waals surface area (Å²) < 4.78 is 11.4. The molecule has 3 heterocycles. The highest BCUT2D eigenvalue weighted by atomic mass is 35.5. The third kappa shape index (κ3) is 3.30. The quantitative estimate of drug-likeness (QED) is 0.491. The summed E-state index contributed by atoms with van der Waals surface area (Å²) in [7, 11) is 0. The van der Waals surface area contributed by atoms with Crippen molar-refractivity contribution in [2.45, 2.75) is 9.56 Å². The van der Waals surface area contributed by atoms with E-state index in [0.29, 0.717) is 21.3 Å². The summed E-state index contributed by atoms with van der Waals surface area (Å²) in [5.74, 6) is 1.15. The van der Waals surface area contributed by atoms with Crippen molar-refractivity contribution in [1.29, 1.82) is 0 Å². The molecule has 0 amide bonds. The largest absolute Gasteiger partial charge is 0.410 e. The molecule has 23 heavy (non-hydrogen) atoms. The van der Waals surface area contributed by atoms with Gasteiger partial charge in [0.2, 0.25) is 0 Å². The van der Waals surface area contributed by atoms with Crippen LogP contribution in [0.3, 0.4) is 0 Å². The van der Waals surface area contributed by atoms with Gasteiger partial charge in [0.15, 0.2) is 10.2 Å². The van der Waals surface area contributed by atoms with E-state index in [4.69, 9.17) is 16.0 Å². The maximum atomic E-state index is 5.91. The molecule has 0 bridgehead atoms. The molecule has 0 N–H and O–H groups in total. The standard InChI is InChI=1S/C14H7ClN4OS3/c15-10-7-6-9(21-10)12-17-18-13(20-12)22-14-16-11(19-23-14)8-4-2-1-3-5-8/h1-7H. The predicted molar refractivity (Wildman–Crippen MR) is 92.1 cm³/mol. The molecule has 0 aliphatic heterocycles. The predicted octanol–water partition coefficient (Wildman–Crippen LogP) is 5.12. The van der Waals surface area contributed by atoms with E-state index in [1.807, 2.05) is 36.4 Å². The van der Waals surface area contributed by atoms with E-state index >= 15 is 0 Å². The fraction of sp³-hybridized carbons (Fsp3) is 0. The van der Waals surface area contributed by atoms with Crippen LogP contribution in [0.5, 0.6) is 0 Å². The zero-order chi connectivity index (χ0) is 15.6. The van der Waals surface area contributed by atoms with Crippen LogP contribution in [-0.2, 0) is 0 Å². The maximum absolute atomic E-state index is 5.91. The van der Waals surface area contributed by atoms with Gasteiger partial charge in [-0.3, -0.25) is 0 Å². The molecule has 0 saturated carbocycles. The second-order valence-electron chi connectivity index (χ2n) is 4.33. The average molecular weight is 379 g/mol. The molecule has 0 fully saturated rings. The molecular weight excluding hydrogens is 372 g/mol. The third-order valence-corrected chi connectivity index (χ3v) is 5.61. The lowest BCUT2D eigenvalue weighted by atomic mass is 10.2. The Morgan fingerprint density at radius 2 is 1.91 bits per heavy atom. The van der Waals surface area contributed by atoms with Crippen molar-refractivity contribution in [3.8, 4) is 22.2 Å². The summed E-state index contributed by atoms with van der Waals surface area (Å²) in [6, 6.07) is 13.5. The smallest absolute Gasteiger partial charge is 0.284 e. The minimum Gasteiger partial charge on any atom is -0.410 e. The average Bonchev–Trinajstić information content (AvgIpc) is 3.29. The molecule has 0 radical (unpaired) electrons. The summed E-state index contributed by atoms with van der Waals surface area (Å²) in [6.07, 6.45) is 0. The van der Waals surface area contributed by atoms with E-state index in [1.54, 1.807) is 6.07 Å². The van der Waals surface area contributed by atoms with Crippen LogP contribution in [0.25, 0.3) is 22.2 Å². The molecule has 0 atom stereocenters. The molecule has 4 rings (SSSR count). The third-order valence-electron chi connectivity index (χ3n) is 2.80. The lowest BCUT2D eigenvalue weighted by Crippen LogP contribution is -1.79. The lowest BCUT2D eigenvalue weighted by Gasteiger charge is -1.92. The van der Waals surface area contributed by atoms with Gasteiger partial charge >= 0.3 is 0 Å². The monoisotopic (exact) mass is 378 g/mol. The molecule has 5 nitrogen and oxygen atoms in total. The molecular formula is C14H7ClN4OS3. The second-order valence-corrected chi connectivity index (χ2v) is 7.99. The molecule has 9 heteroatoms. The molecule has 0 aliphatic carbocycles. The Morgan fingerprint density at radius 3 is 2.70 bits per heavy atom. The van der Waals surface area contributed by atoms with E-state index < -0.39 is 0 Å². The van der Waals surface area contributed by atoms with Gasteiger partial charge in [-0.15, -0.1) is 21.5 Å². The molecule has 0 spiro atoms. The van der Waals surface area contributed by atoms with Gasteiger partial charge in [0.05, 0.1) is 9.21 Å². The van der Waals surface area contributed by atoms with Crippen LogP contribution in [0.15, 0.2) is 56.4 Å². The van der Waals surface area contributed by atoms with Gasteiger partial charge in [-0.05, 0) is 23.7 Å². The SMILES string of the molecule is Clc1ccc(-c2nnc(Sc3nc(-c4ccccc4)ns3)o2)s1. The number of nitrogens with zero attached hydrogens (tertiary/aromatic N) is 4. The van der Waals surface area contributed by atoms with Crippen molar-refractivity contribution in [2.24, 2.45) is 0 Å². The van der Waals surface area contributed by atoms with Gasteiger partial charge in [-0.25, -0.2) is 4.98 Å².